The van der Waals surface area contributed by atoms with Crippen molar-refractivity contribution >= 4 is 11.6 Å². The predicted octanol–water partition coefficient (Wildman–Crippen LogP) is 4.18. The molecule has 0 N–H and O–H groups in total. The number of aromatic nitrogens is 2. The van der Waals surface area contributed by atoms with Gasteiger partial charge in [0.25, 0.3) is 5.56 Å². The quantitative estimate of drug-likeness (QED) is 0.584. The number of ether oxygens (including phenoxy) is 1. The molecule has 0 spiro atoms. The highest BCUT2D eigenvalue weighted by atomic mass is 35.5. The van der Waals surface area contributed by atoms with E-state index < -0.39 is 0 Å². The molecule has 0 fully saturated rings. The van der Waals surface area contributed by atoms with Crippen molar-refractivity contribution in [2.45, 2.75) is 13.8 Å². The molecule has 0 unspecified atom stereocenters. The summed E-state index contributed by atoms with van der Waals surface area (Å²) in [7, 11) is 0. The smallest absolute Gasteiger partial charge is 0.259 e. The van der Waals surface area contributed by atoms with Crippen LogP contribution < -0.4 is 10.3 Å². The minimum Gasteiger partial charge on any atom is -0.489 e. The molecule has 0 amide bonds. The van der Waals surface area contributed by atoms with Gasteiger partial charge < -0.3 is 4.74 Å². The molecule has 0 aliphatic heterocycles. The molecule has 2 heterocycles. The molecule has 0 aliphatic rings. The largest absolute Gasteiger partial charge is 0.489 e. The summed E-state index contributed by atoms with van der Waals surface area (Å²) in [5.41, 5.74) is 3.01. The van der Waals surface area contributed by atoms with Crippen LogP contribution in [0.1, 0.15) is 11.3 Å². The van der Waals surface area contributed by atoms with Crippen molar-refractivity contribution in [1.82, 2.24) is 9.55 Å². The Morgan fingerprint density at radius 2 is 2.08 bits per heavy atom. The number of aryl methyl sites for hydroxylation is 2. The lowest BCUT2D eigenvalue weighted by atomic mass is 10.2. The predicted molar refractivity (Wildman–Crippen MR) is 98.3 cm³/mol. The Balaban J connectivity index is 2.37. The highest BCUT2D eigenvalue weighted by Crippen LogP contribution is 2.19. The van der Waals surface area contributed by atoms with Gasteiger partial charge in [-0.15, -0.1) is 0 Å². The fraction of sp³-hybridized carbons (Fsp3) is 0.158. The molecular weight excluding hydrogens is 324 g/mol. The van der Waals surface area contributed by atoms with E-state index in [9.17, 15) is 4.79 Å². The SMILES string of the molecule is C=C/C=C(\C=C)COc1cc(C)n(-c2cc(Cl)ncc2C)c(=O)c1. The lowest BCUT2D eigenvalue weighted by molar-refractivity contribution is 0.354. The zero-order chi connectivity index (χ0) is 17.7. The van der Waals surface area contributed by atoms with Crippen molar-refractivity contribution in [3.8, 4) is 11.4 Å². The highest BCUT2D eigenvalue weighted by Gasteiger charge is 2.10. The van der Waals surface area contributed by atoms with Gasteiger partial charge in [-0.05, 0) is 31.1 Å². The summed E-state index contributed by atoms with van der Waals surface area (Å²) in [5, 5.41) is 0.340. The van der Waals surface area contributed by atoms with Gasteiger partial charge in [0.2, 0.25) is 0 Å². The maximum atomic E-state index is 12.5. The van der Waals surface area contributed by atoms with Gasteiger partial charge in [-0.1, -0.05) is 43.0 Å². The summed E-state index contributed by atoms with van der Waals surface area (Å²) in [5.74, 6) is 0.503. The standard InChI is InChI=1S/C19H19ClN2O2/c1-5-7-15(6-2)12-24-16-8-14(4)22(19(23)9-16)17-10-18(20)21-11-13(17)3/h5-11H,1-2,12H2,3-4H3/b15-7+. The van der Waals surface area contributed by atoms with Crippen LogP contribution in [-0.2, 0) is 0 Å². The van der Waals surface area contributed by atoms with Crippen molar-refractivity contribution < 1.29 is 4.74 Å². The Hall–Kier alpha value is -2.59. The number of hydrogen-bond acceptors (Lipinski definition) is 3. The van der Waals surface area contributed by atoms with Crippen molar-refractivity contribution in [1.29, 1.82) is 0 Å². The van der Waals surface area contributed by atoms with Crippen molar-refractivity contribution in [3.05, 3.63) is 88.1 Å². The Kier molecular flexibility index (Phi) is 5.77. The first-order valence-corrected chi connectivity index (χ1v) is 7.77. The number of allylic oxidation sites excluding steroid dienone is 2. The summed E-state index contributed by atoms with van der Waals surface area (Å²) in [6.07, 6.45) is 6.81. The highest BCUT2D eigenvalue weighted by molar-refractivity contribution is 6.29. The van der Waals surface area contributed by atoms with E-state index in [0.717, 1.165) is 16.8 Å². The van der Waals surface area contributed by atoms with Crippen LogP contribution in [-0.4, -0.2) is 16.2 Å². The summed E-state index contributed by atoms with van der Waals surface area (Å²) >= 11 is 5.96. The zero-order valence-corrected chi connectivity index (χ0v) is 14.5. The van der Waals surface area contributed by atoms with Crippen molar-refractivity contribution in [2.24, 2.45) is 0 Å². The topological polar surface area (TPSA) is 44.1 Å². The van der Waals surface area contributed by atoms with E-state index in [4.69, 9.17) is 16.3 Å². The number of pyridine rings is 2. The van der Waals surface area contributed by atoms with Crippen LogP contribution >= 0.6 is 11.6 Å². The normalized spacial score (nSPS) is 11.2. The third-order valence-corrected chi connectivity index (χ3v) is 3.68. The molecule has 5 heteroatoms. The Bertz CT molecular complexity index is 866. The third kappa shape index (κ3) is 4.03. The number of nitrogens with zero attached hydrogens (tertiary/aromatic N) is 2. The second-order valence-corrected chi connectivity index (χ2v) is 5.66. The molecule has 24 heavy (non-hydrogen) atoms. The first kappa shape index (κ1) is 17.8. The van der Waals surface area contributed by atoms with E-state index in [2.05, 4.69) is 18.1 Å². The monoisotopic (exact) mass is 342 g/mol. The Morgan fingerprint density at radius 3 is 2.71 bits per heavy atom. The van der Waals surface area contributed by atoms with Crippen LogP contribution in [0.2, 0.25) is 5.15 Å². The van der Waals surface area contributed by atoms with Crippen LogP contribution in [0.4, 0.5) is 0 Å². The molecule has 0 atom stereocenters. The van der Waals surface area contributed by atoms with Crippen LogP contribution in [0.3, 0.4) is 0 Å². The van der Waals surface area contributed by atoms with Gasteiger partial charge in [-0.3, -0.25) is 9.36 Å². The van der Waals surface area contributed by atoms with Crippen LogP contribution in [0.5, 0.6) is 5.75 Å². The van der Waals surface area contributed by atoms with Gasteiger partial charge in [0.15, 0.2) is 0 Å². The van der Waals surface area contributed by atoms with E-state index >= 15 is 0 Å². The number of halogens is 1. The van der Waals surface area contributed by atoms with E-state index in [1.54, 1.807) is 29.0 Å². The molecule has 124 valence electrons. The maximum Gasteiger partial charge on any atom is 0.259 e. The summed E-state index contributed by atoms with van der Waals surface area (Å²) in [6.45, 7) is 11.4. The number of rotatable bonds is 6. The molecule has 0 saturated carbocycles. The Labute approximate surface area is 146 Å². The molecule has 0 aliphatic carbocycles. The maximum absolute atomic E-state index is 12.5. The van der Waals surface area contributed by atoms with Gasteiger partial charge >= 0.3 is 0 Å². The molecular formula is C19H19ClN2O2. The molecule has 2 rings (SSSR count). The average molecular weight is 343 g/mol. The van der Waals surface area contributed by atoms with Crippen molar-refractivity contribution in [2.75, 3.05) is 6.61 Å². The zero-order valence-electron chi connectivity index (χ0n) is 13.8. The molecule has 2 aromatic heterocycles. The van der Waals surface area contributed by atoms with E-state index in [1.165, 1.54) is 6.07 Å². The van der Waals surface area contributed by atoms with Crippen LogP contribution in [0.15, 0.2) is 66.1 Å². The second kappa shape index (κ2) is 7.79. The fourth-order valence-corrected chi connectivity index (χ4v) is 2.44. The minimum absolute atomic E-state index is 0.191. The van der Waals surface area contributed by atoms with Gasteiger partial charge in [-0.2, -0.15) is 0 Å². The molecule has 2 aromatic rings. The van der Waals surface area contributed by atoms with E-state index in [-0.39, 0.29) is 5.56 Å². The second-order valence-electron chi connectivity index (χ2n) is 5.27. The average Bonchev–Trinajstić information content (AvgIpc) is 2.54. The van der Waals surface area contributed by atoms with Crippen LogP contribution in [0.25, 0.3) is 5.69 Å². The first-order chi connectivity index (χ1) is 11.5. The molecule has 0 aromatic carbocycles. The molecule has 0 saturated heterocycles. The van der Waals surface area contributed by atoms with Gasteiger partial charge in [0.1, 0.15) is 17.5 Å². The summed E-state index contributed by atoms with van der Waals surface area (Å²) < 4.78 is 7.27. The van der Waals surface area contributed by atoms with Gasteiger partial charge in [-0.25, -0.2) is 4.98 Å². The summed E-state index contributed by atoms with van der Waals surface area (Å²) in [6, 6.07) is 4.94. The van der Waals surface area contributed by atoms with E-state index in [0.29, 0.717) is 23.2 Å². The molecule has 0 radical (unpaired) electrons. The third-order valence-electron chi connectivity index (χ3n) is 3.47. The molecule has 4 nitrogen and oxygen atoms in total. The van der Waals surface area contributed by atoms with Gasteiger partial charge in [0.05, 0.1) is 5.69 Å². The first-order valence-electron chi connectivity index (χ1n) is 7.39. The van der Waals surface area contributed by atoms with E-state index in [1.807, 2.05) is 26.0 Å². The number of hydrogen-bond donors (Lipinski definition) is 0. The fourth-order valence-electron chi connectivity index (χ4n) is 2.29. The molecule has 0 bridgehead atoms. The Morgan fingerprint density at radius 1 is 1.33 bits per heavy atom. The lowest BCUT2D eigenvalue weighted by Gasteiger charge is -2.14. The van der Waals surface area contributed by atoms with Crippen LogP contribution in [0, 0.1) is 13.8 Å². The minimum atomic E-state index is -0.191. The summed E-state index contributed by atoms with van der Waals surface area (Å²) in [4.78, 5) is 16.6. The van der Waals surface area contributed by atoms with Crippen molar-refractivity contribution in [3.63, 3.8) is 0 Å². The lowest BCUT2D eigenvalue weighted by Crippen LogP contribution is -2.21. The van der Waals surface area contributed by atoms with Gasteiger partial charge in [0, 0.05) is 24.0 Å².